The summed E-state index contributed by atoms with van der Waals surface area (Å²) in [6, 6.07) is 7.29. The molecule has 4 bridgehead atoms. The summed E-state index contributed by atoms with van der Waals surface area (Å²) in [4.78, 5) is 17.1. The highest BCUT2D eigenvalue weighted by atomic mass is 35.5. The molecule has 4 fully saturated rings. The molecule has 27 heavy (non-hydrogen) atoms. The van der Waals surface area contributed by atoms with Crippen LogP contribution in [0.25, 0.3) is 11.3 Å². The zero-order valence-corrected chi connectivity index (χ0v) is 15.7. The fourth-order valence-corrected chi connectivity index (χ4v) is 5.98. The Hall–Kier alpha value is -1.85. The molecule has 2 aromatic rings. The van der Waals surface area contributed by atoms with Crippen LogP contribution in [0, 0.1) is 17.3 Å². The maximum absolute atomic E-state index is 12.9. The van der Waals surface area contributed by atoms with Gasteiger partial charge in [-0.3, -0.25) is 4.79 Å². The van der Waals surface area contributed by atoms with E-state index in [4.69, 9.17) is 20.8 Å². The second-order valence-corrected chi connectivity index (χ2v) is 9.10. The van der Waals surface area contributed by atoms with Gasteiger partial charge in [-0.15, -0.1) is 0 Å². The molecule has 0 saturated heterocycles. The van der Waals surface area contributed by atoms with Gasteiger partial charge in [0.15, 0.2) is 12.4 Å². The van der Waals surface area contributed by atoms with Crippen LogP contribution in [0.15, 0.2) is 34.9 Å². The average Bonchev–Trinajstić information content (AvgIpc) is 3.07. The molecule has 4 saturated carbocycles. The monoisotopic (exact) mass is 387 g/mol. The number of halogens is 1. The summed E-state index contributed by atoms with van der Waals surface area (Å²) in [6.45, 7) is 0.0158. The van der Waals surface area contributed by atoms with E-state index in [9.17, 15) is 9.90 Å². The molecule has 0 amide bonds. The van der Waals surface area contributed by atoms with Crippen molar-refractivity contribution in [3.8, 4) is 11.3 Å². The summed E-state index contributed by atoms with van der Waals surface area (Å²) in [6.07, 6.45) is 6.65. The highest BCUT2D eigenvalue weighted by Crippen LogP contribution is 2.62. The highest BCUT2D eigenvalue weighted by molar-refractivity contribution is 6.30. The van der Waals surface area contributed by atoms with Crippen molar-refractivity contribution in [1.29, 1.82) is 0 Å². The second kappa shape index (κ2) is 6.08. The van der Waals surface area contributed by atoms with Crippen LogP contribution in [0.5, 0.6) is 0 Å². The zero-order chi connectivity index (χ0) is 18.6. The van der Waals surface area contributed by atoms with E-state index in [0.29, 0.717) is 34.9 Å². The number of hydrogen-bond donors (Lipinski definition) is 1. The first-order valence-electron chi connectivity index (χ1n) is 9.53. The number of esters is 1. The summed E-state index contributed by atoms with van der Waals surface area (Å²) < 4.78 is 11.3. The molecule has 2 unspecified atom stereocenters. The minimum atomic E-state index is -0.673. The number of carbonyl (C=O) groups is 1. The Morgan fingerprint density at radius 2 is 1.93 bits per heavy atom. The maximum atomic E-state index is 12.9. The number of oxazole rings is 1. The molecule has 1 aromatic heterocycles. The van der Waals surface area contributed by atoms with Crippen molar-refractivity contribution in [3.05, 3.63) is 41.4 Å². The average molecular weight is 388 g/mol. The number of nitrogens with zero attached hydrogens (tertiary/aromatic N) is 1. The minimum absolute atomic E-state index is 0.0158. The van der Waals surface area contributed by atoms with Gasteiger partial charge in [-0.05, 0) is 74.6 Å². The van der Waals surface area contributed by atoms with Crippen LogP contribution >= 0.6 is 11.6 Å². The van der Waals surface area contributed by atoms with Crippen molar-refractivity contribution in [2.75, 3.05) is 0 Å². The predicted octanol–water partition coefficient (Wildman–Crippen LogP) is 4.37. The molecule has 142 valence electrons. The number of rotatable bonds is 4. The Morgan fingerprint density at radius 1 is 1.22 bits per heavy atom. The van der Waals surface area contributed by atoms with Crippen molar-refractivity contribution < 1.29 is 19.1 Å². The molecule has 4 aliphatic rings. The highest BCUT2D eigenvalue weighted by Gasteiger charge is 2.60. The zero-order valence-electron chi connectivity index (χ0n) is 15.0. The Labute approximate surface area is 162 Å². The van der Waals surface area contributed by atoms with Crippen molar-refractivity contribution in [1.82, 2.24) is 4.98 Å². The summed E-state index contributed by atoms with van der Waals surface area (Å²) in [5, 5.41) is 11.5. The lowest BCUT2D eigenvalue weighted by Gasteiger charge is -2.58. The van der Waals surface area contributed by atoms with Crippen LogP contribution in [0.4, 0.5) is 0 Å². The summed E-state index contributed by atoms with van der Waals surface area (Å²) in [5.41, 5.74) is -0.328. The first kappa shape index (κ1) is 17.3. The molecule has 1 N–H and O–H groups in total. The third-order valence-electron chi connectivity index (χ3n) is 6.47. The number of benzene rings is 1. The molecule has 4 aliphatic carbocycles. The van der Waals surface area contributed by atoms with Gasteiger partial charge in [-0.2, -0.15) is 0 Å². The van der Waals surface area contributed by atoms with Gasteiger partial charge in [0.25, 0.3) is 0 Å². The van der Waals surface area contributed by atoms with Crippen molar-refractivity contribution in [3.63, 3.8) is 0 Å². The molecule has 0 radical (unpaired) electrons. The van der Waals surface area contributed by atoms with Crippen LogP contribution in [0.1, 0.15) is 44.4 Å². The first-order chi connectivity index (χ1) is 12.9. The van der Waals surface area contributed by atoms with Gasteiger partial charge in [-0.1, -0.05) is 11.6 Å². The van der Waals surface area contributed by atoms with E-state index in [1.165, 1.54) is 0 Å². The second-order valence-electron chi connectivity index (χ2n) is 8.67. The van der Waals surface area contributed by atoms with Crippen LogP contribution in [0.3, 0.4) is 0 Å². The number of carbonyl (C=O) groups excluding carboxylic acids is 1. The molecule has 6 rings (SSSR count). The van der Waals surface area contributed by atoms with E-state index in [0.717, 1.165) is 37.7 Å². The van der Waals surface area contributed by atoms with Crippen molar-refractivity contribution in [2.45, 2.75) is 50.7 Å². The third-order valence-corrected chi connectivity index (χ3v) is 6.72. The molecule has 5 nitrogen and oxygen atoms in total. The van der Waals surface area contributed by atoms with Crippen LogP contribution < -0.4 is 0 Å². The van der Waals surface area contributed by atoms with Gasteiger partial charge in [0.2, 0.25) is 5.89 Å². The van der Waals surface area contributed by atoms with E-state index in [2.05, 4.69) is 4.98 Å². The number of aliphatic hydroxyl groups is 1. The van der Waals surface area contributed by atoms with E-state index in [-0.39, 0.29) is 12.6 Å². The fourth-order valence-electron chi connectivity index (χ4n) is 5.86. The Morgan fingerprint density at radius 3 is 2.59 bits per heavy atom. The number of aromatic nitrogens is 1. The van der Waals surface area contributed by atoms with E-state index in [1.807, 2.05) is 12.1 Å². The van der Waals surface area contributed by atoms with Crippen LogP contribution in [0.2, 0.25) is 5.02 Å². The lowest BCUT2D eigenvalue weighted by Crippen LogP contribution is -2.58. The third kappa shape index (κ3) is 3.07. The Balaban J connectivity index is 1.27. The maximum Gasteiger partial charge on any atom is 0.312 e. The standard InChI is InChI=1S/C21H22ClNO4/c22-16-3-1-15(2-4-16)17-10-23-18(27-17)11-26-19(24)20-6-13-5-14(7-20)9-21(25,8-13)12-20/h1-4,10,13-14,25H,5-9,11-12H2/t13-,14+,20?,21?. The van der Waals surface area contributed by atoms with Gasteiger partial charge in [-0.25, -0.2) is 4.98 Å². The van der Waals surface area contributed by atoms with E-state index >= 15 is 0 Å². The molecule has 4 atom stereocenters. The summed E-state index contributed by atoms with van der Waals surface area (Å²) in [7, 11) is 0. The normalized spacial score (nSPS) is 34.0. The van der Waals surface area contributed by atoms with E-state index < -0.39 is 11.0 Å². The van der Waals surface area contributed by atoms with Crippen LogP contribution in [-0.2, 0) is 16.1 Å². The Bertz CT molecular complexity index is 861. The lowest BCUT2D eigenvalue weighted by atomic mass is 9.48. The number of ether oxygens (including phenoxy) is 1. The van der Waals surface area contributed by atoms with Crippen molar-refractivity contribution >= 4 is 17.6 Å². The predicted molar refractivity (Wildman–Crippen MR) is 98.8 cm³/mol. The van der Waals surface area contributed by atoms with Gasteiger partial charge >= 0.3 is 5.97 Å². The molecule has 1 aromatic carbocycles. The minimum Gasteiger partial charge on any atom is -0.455 e. The molecule has 1 heterocycles. The lowest BCUT2D eigenvalue weighted by molar-refractivity contribution is -0.197. The smallest absolute Gasteiger partial charge is 0.312 e. The summed E-state index contributed by atoms with van der Waals surface area (Å²) in [5.74, 6) is 1.67. The largest absolute Gasteiger partial charge is 0.455 e. The van der Waals surface area contributed by atoms with Gasteiger partial charge in [0, 0.05) is 10.6 Å². The first-order valence-corrected chi connectivity index (χ1v) is 9.91. The SMILES string of the molecule is O=C(OCc1ncc(-c2ccc(Cl)cc2)o1)C12C[C@@H]3C[C@@H](CC(O)(C3)C1)C2. The molecular formula is C21H22ClNO4. The topological polar surface area (TPSA) is 72.6 Å². The molecule has 0 aliphatic heterocycles. The van der Waals surface area contributed by atoms with Gasteiger partial charge < -0.3 is 14.3 Å². The van der Waals surface area contributed by atoms with E-state index in [1.54, 1.807) is 18.3 Å². The quantitative estimate of drug-likeness (QED) is 0.788. The summed E-state index contributed by atoms with van der Waals surface area (Å²) >= 11 is 5.91. The van der Waals surface area contributed by atoms with Crippen molar-refractivity contribution in [2.24, 2.45) is 17.3 Å². The van der Waals surface area contributed by atoms with Crippen LogP contribution in [-0.4, -0.2) is 21.7 Å². The van der Waals surface area contributed by atoms with Gasteiger partial charge in [0.05, 0.1) is 17.2 Å². The van der Waals surface area contributed by atoms with Gasteiger partial charge in [0.1, 0.15) is 0 Å². The fraction of sp³-hybridized carbons (Fsp3) is 0.524. The number of hydrogen-bond acceptors (Lipinski definition) is 5. The molecule has 0 spiro atoms. The Kier molecular flexibility index (Phi) is 3.89. The molecular weight excluding hydrogens is 366 g/mol. The molecule has 6 heteroatoms.